The lowest BCUT2D eigenvalue weighted by Gasteiger charge is -2.16. The molecule has 2 rings (SSSR count). The van der Waals surface area contributed by atoms with Crippen molar-refractivity contribution in [1.29, 1.82) is 0 Å². The molecular formula is C18H19FO2. The Kier molecular flexibility index (Phi) is 5.09. The zero-order valence-corrected chi connectivity index (χ0v) is 12.3. The number of halogens is 1. The van der Waals surface area contributed by atoms with Crippen LogP contribution < -0.4 is 4.74 Å². The number of ether oxygens (including phenoxy) is 1. The lowest BCUT2D eigenvalue weighted by atomic mass is 9.87. The smallest absolute Gasteiger partial charge is 0.170 e. The van der Waals surface area contributed by atoms with Crippen molar-refractivity contribution in [3.8, 4) is 5.75 Å². The van der Waals surface area contributed by atoms with Gasteiger partial charge in [0.05, 0.1) is 7.11 Å². The average Bonchev–Trinajstić information content (AvgIpc) is 2.53. The van der Waals surface area contributed by atoms with E-state index in [1.54, 1.807) is 19.2 Å². The molecule has 0 saturated heterocycles. The lowest BCUT2D eigenvalue weighted by molar-refractivity contribution is 0.0954. The zero-order valence-electron chi connectivity index (χ0n) is 12.3. The van der Waals surface area contributed by atoms with E-state index in [9.17, 15) is 9.18 Å². The average molecular weight is 286 g/mol. The maximum Gasteiger partial charge on any atom is 0.170 e. The molecule has 110 valence electrons. The Bertz CT molecular complexity index is 588. The first-order chi connectivity index (χ1) is 10.2. The van der Waals surface area contributed by atoms with Crippen molar-refractivity contribution in [2.24, 2.45) is 0 Å². The summed E-state index contributed by atoms with van der Waals surface area (Å²) in [5.41, 5.74) is 1.51. The third kappa shape index (κ3) is 3.69. The minimum atomic E-state index is -0.331. The van der Waals surface area contributed by atoms with Crippen molar-refractivity contribution in [2.45, 2.75) is 25.7 Å². The third-order valence-electron chi connectivity index (χ3n) is 3.54. The Balaban J connectivity index is 2.28. The van der Waals surface area contributed by atoms with Crippen LogP contribution in [0.1, 0.15) is 41.6 Å². The van der Waals surface area contributed by atoms with E-state index in [2.05, 4.69) is 6.92 Å². The van der Waals surface area contributed by atoms with Gasteiger partial charge in [0.15, 0.2) is 5.78 Å². The van der Waals surface area contributed by atoms with Crippen molar-refractivity contribution in [3.05, 3.63) is 65.5 Å². The Morgan fingerprint density at radius 2 is 1.71 bits per heavy atom. The molecule has 3 heteroatoms. The molecule has 0 aromatic heterocycles. The number of benzene rings is 2. The topological polar surface area (TPSA) is 26.3 Å². The van der Waals surface area contributed by atoms with Crippen LogP contribution in [0.4, 0.5) is 4.39 Å². The van der Waals surface area contributed by atoms with E-state index < -0.39 is 0 Å². The Morgan fingerprint density at radius 3 is 2.24 bits per heavy atom. The van der Waals surface area contributed by atoms with Gasteiger partial charge in [-0.05, 0) is 48.4 Å². The van der Waals surface area contributed by atoms with Crippen LogP contribution in [0.25, 0.3) is 0 Å². The first-order valence-corrected chi connectivity index (χ1v) is 7.09. The summed E-state index contributed by atoms with van der Waals surface area (Å²) >= 11 is 0. The zero-order chi connectivity index (χ0) is 15.2. The fourth-order valence-electron chi connectivity index (χ4n) is 2.39. The Hall–Kier alpha value is -2.16. The molecule has 2 nitrogen and oxygen atoms in total. The predicted octanol–water partition coefficient (Wildman–Crippen LogP) is 4.60. The third-order valence-corrected chi connectivity index (χ3v) is 3.54. The maximum atomic E-state index is 13.0. The second-order valence-corrected chi connectivity index (χ2v) is 4.99. The van der Waals surface area contributed by atoms with Crippen LogP contribution >= 0.6 is 0 Å². The number of ketones is 1. The molecular weight excluding hydrogens is 267 g/mol. The summed E-state index contributed by atoms with van der Waals surface area (Å²) in [5, 5.41) is 0. The molecule has 0 fully saturated rings. The first-order valence-electron chi connectivity index (χ1n) is 7.09. The normalized spacial score (nSPS) is 12.0. The highest BCUT2D eigenvalue weighted by atomic mass is 19.1. The van der Waals surface area contributed by atoms with Gasteiger partial charge in [0.1, 0.15) is 11.6 Å². The van der Waals surface area contributed by atoms with Crippen LogP contribution in [0.5, 0.6) is 5.75 Å². The highest BCUT2D eigenvalue weighted by Crippen LogP contribution is 2.27. The van der Waals surface area contributed by atoms with Crippen molar-refractivity contribution >= 4 is 5.78 Å². The van der Waals surface area contributed by atoms with E-state index in [1.165, 1.54) is 12.1 Å². The summed E-state index contributed by atoms with van der Waals surface area (Å²) in [7, 11) is 1.61. The van der Waals surface area contributed by atoms with E-state index in [0.29, 0.717) is 5.56 Å². The number of Topliss-reactive ketones (excluding diaryl/α,β-unsaturated/α-hetero) is 1. The second kappa shape index (κ2) is 7.02. The van der Waals surface area contributed by atoms with Crippen LogP contribution in [0, 0.1) is 5.82 Å². The minimum Gasteiger partial charge on any atom is -0.497 e. The molecule has 2 aromatic rings. The van der Waals surface area contributed by atoms with Crippen molar-refractivity contribution < 1.29 is 13.9 Å². The summed E-state index contributed by atoms with van der Waals surface area (Å²) in [6.07, 6.45) is 1.67. The Labute approximate surface area is 124 Å². The highest BCUT2D eigenvalue weighted by molar-refractivity contribution is 6.00. The predicted molar refractivity (Wildman–Crippen MR) is 81.4 cm³/mol. The molecule has 2 aromatic carbocycles. The first kappa shape index (κ1) is 15.2. The number of hydrogen-bond donors (Lipinski definition) is 0. The quantitative estimate of drug-likeness (QED) is 0.725. The lowest BCUT2D eigenvalue weighted by Crippen LogP contribution is -2.13. The van der Waals surface area contributed by atoms with Gasteiger partial charge in [-0.25, -0.2) is 4.39 Å². The Morgan fingerprint density at radius 1 is 1.10 bits per heavy atom. The summed E-state index contributed by atoms with van der Waals surface area (Å²) in [6.45, 7) is 2.05. The number of hydrogen-bond acceptors (Lipinski definition) is 2. The largest absolute Gasteiger partial charge is 0.497 e. The molecule has 0 heterocycles. The van der Waals surface area contributed by atoms with Gasteiger partial charge in [0.25, 0.3) is 0 Å². The van der Waals surface area contributed by atoms with Gasteiger partial charge < -0.3 is 4.74 Å². The molecule has 0 aliphatic carbocycles. The van der Waals surface area contributed by atoms with Crippen molar-refractivity contribution in [2.75, 3.05) is 7.11 Å². The van der Waals surface area contributed by atoms with E-state index >= 15 is 0 Å². The standard InChI is InChI=1S/C18H19FO2/c1-3-4-17(13-7-11-16(21-2)12-8-13)18(20)14-5-9-15(19)10-6-14/h5-12,17H,3-4H2,1-2H3. The molecule has 1 atom stereocenters. The van der Waals surface area contributed by atoms with Gasteiger partial charge in [-0.2, -0.15) is 0 Å². The molecule has 0 amide bonds. The van der Waals surface area contributed by atoms with Crippen LogP contribution in [0.3, 0.4) is 0 Å². The van der Waals surface area contributed by atoms with Gasteiger partial charge in [0.2, 0.25) is 0 Å². The van der Waals surface area contributed by atoms with E-state index in [4.69, 9.17) is 4.74 Å². The molecule has 0 N–H and O–H groups in total. The van der Waals surface area contributed by atoms with Gasteiger partial charge in [-0.3, -0.25) is 4.79 Å². The minimum absolute atomic E-state index is 0.0296. The van der Waals surface area contributed by atoms with E-state index in [1.807, 2.05) is 24.3 Å². The summed E-state index contributed by atoms with van der Waals surface area (Å²) < 4.78 is 18.1. The van der Waals surface area contributed by atoms with Gasteiger partial charge in [0, 0.05) is 11.5 Å². The molecule has 1 unspecified atom stereocenters. The van der Waals surface area contributed by atoms with Crippen molar-refractivity contribution in [1.82, 2.24) is 0 Å². The molecule has 0 spiro atoms. The maximum absolute atomic E-state index is 13.0. The second-order valence-electron chi connectivity index (χ2n) is 4.99. The number of rotatable bonds is 6. The summed E-state index contributed by atoms with van der Waals surface area (Å²) in [4.78, 5) is 12.6. The fraction of sp³-hybridized carbons (Fsp3) is 0.278. The molecule has 0 radical (unpaired) electrons. The fourth-order valence-corrected chi connectivity index (χ4v) is 2.39. The summed E-state index contributed by atoms with van der Waals surface area (Å²) in [5.74, 6) is 0.264. The molecule has 21 heavy (non-hydrogen) atoms. The molecule has 0 aliphatic rings. The van der Waals surface area contributed by atoms with Crippen LogP contribution in [-0.4, -0.2) is 12.9 Å². The van der Waals surface area contributed by atoms with Gasteiger partial charge in [-0.15, -0.1) is 0 Å². The van der Waals surface area contributed by atoms with Crippen molar-refractivity contribution in [3.63, 3.8) is 0 Å². The number of carbonyl (C=O) groups is 1. The van der Waals surface area contributed by atoms with E-state index in [-0.39, 0.29) is 17.5 Å². The molecule has 0 saturated carbocycles. The highest BCUT2D eigenvalue weighted by Gasteiger charge is 2.21. The number of methoxy groups -OCH3 is 1. The van der Waals surface area contributed by atoms with Gasteiger partial charge >= 0.3 is 0 Å². The van der Waals surface area contributed by atoms with Crippen LogP contribution in [0.15, 0.2) is 48.5 Å². The van der Waals surface area contributed by atoms with Gasteiger partial charge in [-0.1, -0.05) is 25.5 Å². The molecule has 0 bridgehead atoms. The number of carbonyl (C=O) groups excluding carboxylic acids is 1. The SMILES string of the molecule is CCCC(C(=O)c1ccc(F)cc1)c1ccc(OC)cc1. The molecule has 0 aliphatic heterocycles. The van der Waals surface area contributed by atoms with E-state index in [0.717, 1.165) is 24.2 Å². The summed E-state index contributed by atoms with van der Waals surface area (Å²) in [6, 6.07) is 13.3. The van der Waals surface area contributed by atoms with Crippen LogP contribution in [0.2, 0.25) is 0 Å². The monoisotopic (exact) mass is 286 g/mol. The van der Waals surface area contributed by atoms with Crippen LogP contribution in [-0.2, 0) is 0 Å².